The number of aryl methyl sites for hydroxylation is 2. The lowest BCUT2D eigenvalue weighted by atomic mass is 10.00. The maximum Gasteiger partial charge on any atom is 0.0836 e. The molecule has 0 aliphatic carbocycles. The van der Waals surface area contributed by atoms with E-state index >= 15 is 0 Å². The van der Waals surface area contributed by atoms with Crippen molar-refractivity contribution in [3.8, 4) is 0 Å². The van der Waals surface area contributed by atoms with E-state index in [0.29, 0.717) is 10.0 Å². The number of alkyl halides is 1. The molecule has 1 unspecified atom stereocenters. The summed E-state index contributed by atoms with van der Waals surface area (Å²) >= 11 is 18.5. The van der Waals surface area contributed by atoms with E-state index in [4.69, 9.17) is 34.8 Å². The third-order valence-corrected chi connectivity index (χ3v) is 3.94. The molecule has 0 bridgehead atoms. The van der Waals surface area contributed by atoms with Gasteiger partial charge in [0.15, 0.2) is 0 Å². The number of rotatable bonds is 2. The summed E-state index contributed by atoms with van der Waals surface area (Å²) < 4.78 is 0. The third-order valence-electron chi connectivity index (χ3n) is 3.00. The van der Waals surface area contributed by atoms with Crippen LogP contribution in [0.4, 0.5) is 0 Å². The lowest BCUT2D eigenvalue weighted by Crippen LogP contribution is -1.95. The fourth-order valence-corrected chi connectivity index (χ4v) is 2.64. The van der Waals surface area contributed by atoms with Gasteiger partial charge in [-0.1, -0.05) is 41.4 Å². The second-order valence-corrected chi connectivity index (χ2v) is 5.72. The van der Waals surface area contributed by atoms with E-state index < -0.39 is 0 Å². The van der Waals surface area contributed by atoms with Gasteiger partial charge in [0.1, 0.15) is 0 Å². The fraction of sp³-hybridized carbons (Fsp3) is 0.200. The molecule has 0 heterocycles. The van der Waals surface area contributed by atoms with Crippen LogP contribution < -0.4 is 0 Å². The Kier molecular flexibility index (Phi) is 4.21. The topological polar surface area (TPSA) is 0 Å². The van der Waals surface area contributed by atoms with Gasteiger partial charge < -0.3 is 0 Å². The minimum Gasteiger partial charge on any atom is -0.113 e. The average Bonchev–Trinajstić information content (AvgIpc) is 2.30. The second-order valence-electron chi connectivity index (χ2n) is 4.41. The lowest BCUT2D eigenvalue weighted by molar-refractivity contribution is 1.12. The summed E-state index contributed by atoms with van der Waals surface area (Å²) in [6.45, 7) is 4.16. The zero-order valence-corrected chi connectivity index (χ0v) is 12.4. The third kappa shape index (κ3) is 3.00. The first kappa shape index (κ1) is 13.7. The smallest absolute Gasteiger partial charge is 0.0836 e. The number of hydrogen-bond donors (Lipinski definition) is 0. The van der Waals surface area contributed by atoms with Crippen molar-refractivity contribution in [3.63, 3.8) is 0 Å². The van der Waals surface area contributed by atoms with E-state index in [1.54, 1.807) is 6.07 Å². The molecule has 0 amide bonds. The molecule has 18 heavy (non-hydrogen) atoms. The molecule has 2 rings (SSSR count). The van der Waals surface area contributed by atoms with Gasteiger partial charge in [-0.25, -0.2) is 0 Å². The molecule has 0 N–H and O–H groups in total. The van der Waals surface area contributed by atoms with E-state index in [0.717, 1.165) is 11.1 Å². The van der Waals surface area contributed by atoms with Crippen LogP contribution in [0.1, 0.15) is 27.6 Å². The van der Waals surface area contributed by atoms with Crippen molar-refractivity contribution < 1.29 is 0 Å². The summed E-state index contributed by atoms with van der Waals surface area (Å²) in [5, 5.41) is 0.972. The predicted molar refractivity (Wildman–Crippen MR) is 80.1 cm³/mol. The zero-order chi connectivity index (χ0) is 13.3. The summed E-state index contributed by atoms with van der Waals surface area (Å²) in [7, 11) is 0. The highest BCUT2D eigenvalue weighted by Gasteiger charge is 2.12. The van der Waals surface area contributed by atoms with Crippen molar-refractivity contribution in [2.45, 2.75) is 19.2 Å². The Hall–Kier alpha value is -0.690. The molecule has 0 spiro atoms. The number of halogens is 3. The Bertz CT molecular complexity index is 556. The van der Waals surface area contributed by atoms with E-state index in [-0.39, 0.29) is 5.38 Å². The minimum absolute atomic E-state index is 0.236. The number of benzene rings is 2. The number of hydrogen-bond acceptors (Lipinski definition) is 0. The van der Waals surface area contributed by atoms with Gasteiger partial charge in [-0.2, -0.15) is 0 Å². The van der Waals surface area contributed by atoms with Crippen LogP contribution in [0, 0.1) is 13.8 Å². The molecule has 0 aliphatic heterocycles. The molecular formula is C15H13Cl3. The highest BCUT2D eigenvalue weighted by molar-refractivity contribution is 6.35. The summed E-state index contributed by atoms with van der Waals surface area (Å²) in [4.78, 5) is 0. The fourth-order valence-electron chi connectivity index (χ4n) is 1.84. The van der Waals surface area contributed by atoms with Gasteiger partial charge >= 0.3 is 0 Å². The Balaban J connectivity index is 2.40. The summed E-state index contributed by atoms with van der Waals surface area (Å²) in [5.41, 5.74) is 4.45. The Morgan fingerprint density at radius 2 is 1.39 bits per heavy atom. The van der Waals surface area contributed by atoms with Crippen molar-refractivity contribution in [2.75, 3.05) is 0 Å². The monoisotopic (exact) mass is 298 g/mol. The molecule has 0 saturated heterocycles. The van der Waals surface area contributed by atoms with Crippen LogP contribution in [-0.4, -0.2) is 0 Å². The van der Waals surface area contributed by atoms with Crippen LogP contribution in [0.2, 0.25) is 10.0 Å². The van der Waals surface area contributed by atoms with Crippen LogP contribution in [0.15, 0.2) is 36.4 Å². The first-order valence-corrected chi connectivity index (χ1v) is 6.84. The van der Waals surface area contributed by atoms with Crippen LogP contribution in [0.3, 0.4) is 0 Å². The zero-order valence-electron chi connectivity index (χ0n) is 10.2. The molecule has 2 aromatic carbocycles. The first-order valence-electron chi connectivity index (χ1n) is 5.64. The maximum atomic E-state index is 6.48. The van der Waals surface area contributed by atoms with Gasteiger partial charge in [-0.05, 0) is 54.3 Å². The van der Waals surface area contributed by atoms with E-state index in [9.17, 15) is 0 Å². The molecule has 0 fully saturated rings. The minimum atomic E-state index is -0.236. The van der Waals surface area contributed by atoms with E-state index in [1.165, 1.54) is 11.1 Å². The molecule has 0 radical (unpaired) electrons. The van der Waals surface area contributed by atoms with Gasteiger partial charge in [0.2, 0.25) is 0 Å². The van der Waals surface area contributed by atoms with Crippen LogP contribution in [0.5, 0.6) is 0 Å². The lowest BCUT2D eigenvalue weighted by Gasteiger charge is -2.13. The van der Waals surface area contributed by atoms with Gasteiger partial charge in [0.25, 0.3) is 0 Å². The van der Waals surface area contributed by atoms with Gasteiger partial charge in [0.05, 0.1) is 5.38 Å². The molecule has 1 atom stereocenters. The van der Waals surface area contributed by atoms with Crippen molar-refractivity contribution in [1.82, 2.24) is 0 Å². The standard InChI is InChI=1S/C15H13Cl3/c1-9-3-4-11(5-10(9)2)15(18)12-6-13(16)8-14(17)7-12/h3-8,15H,1-2H3. The highest BCUT2D eigenvalue weighted by atomic mass is 35.5. The average molecular weight is 300 g/mol. The summed E-state index contributed by atoms with van der Waals surface area (Å²) in [5.74, 6) is 0. The summed E-state index contributed by atoms with van der Waals surface area (Å²) in [6.07, 6.45) is 0. The molecule has 2 aromatic rings. The Labute approximate surface area is 122 Å². The van der Waals surface area contributed by atoms with Crippen LogP contribution in [0.25, 0.3) is 0 Å². The van der Waals surface area contributed by atoms with E-state index in [2.05, 4.69) is 26.0 Å². The quantitative estimate of drug-likeness (QED) is 0.602. The van der Waals surface area contributed by atoms with Gasteiger partial charge in [-0.15, -0.1) is 11.6 Å². The SMILES string of the molecule is Cc1ccc(C(Cl)c2cc(Cl)cc(Cl)c2)cc1C. The highest BCUT2D eigenvalue weighted by Crippen LogP contribution is 2.33. The second kappa shape index (κ2) is 5.52. The Morgan fingerprint density at radius 3 is 1.94 bits per heavy atom. The summed E-state index contributed by atoms with van der Waals surface area (Å²) in [6, 6.07) is 11.6. The largest absolute Gasteiger partial charge is 0.113 e. The molecule has 94 valence electrons. The van der Waals surface area contributed by atoms with Gasteiger partial charge in [-0.3, -0.25) is 0 Å². The molecular weight excluding hydrogens is 287 g/mol. The van der Waals surface area contributed by atoms with Gasteiger partial charge in [0, 0.05) is 10.0 Å². The Morgan fingerprint density at radius 1 is 0.778 bits per heavy atom. The first-order chi connectivity index (χ1) is 8.47. The molecule has 0 aliphatic rings. The molecule has 0 nitrogen and oxygen atoms in total. The molecule has 3 heteroatoms. The normalized spacial score (nSPS) is 12.5. The predicted octanol–water partition coefficient (Wildman–Crippen LogP) is 5.94. The van der Waals surface area contributed by atoms with Crippen molar-refractivity contribution in [2.24, 2.45) is 0 Å². The van der Waals surface area contributed by atoms with E-state index in [1.807, 2.05) is 18.2 Å². The van der Waals surface area contributed by atoms with Crippen LogP contribution >= 0.6 is 34.8 Å². The maximum absolute atomic E-state index is 6.48. The van der Waals surface area contributed by atoms with Crippen molar-refractivity contribution >= 4 is 34.8 Å². The molecule has 0 aromatic heterocycles. The van der Waals surface area contributed by atoms with Crippen molar-refractivity contribution in [1.29, 1.82) is 0 Å². The van der Waals surface area contributed by atoms with Crippen molar-refractivity contribution in [3.05, 3.63) is 68.7 Å². The molecule has 0 saturated carbocycles. The van der Waals surface area contributed by atoms with Crippen LogP contribution in [-0.2, 0) is 0 Å².